The number of benzene rings is 2. The average molecular weight is 419 g/mol. The number of para-hydroxylation sites is 1. The Bertz CT molecular complexity index is 1050. The topological polar surface area (TPSA) is 74.6 Å². The number of rotatable bonds is 2. The summed E-state index contributed by atoms with van der Waals surface area (Å²) in [5, 5.41) is 14.9. The van der Waals surface area contributed by atoms with Gasteiger partial charge in [0.2, 0.25) is 12.1 Å². The third-order valence-corrected chi connectivity index (χ3v) is 5.28. The van der Waals surface area contributed by atoms with E-state index >= 15 is 0 Å². The summed E-state index contributed by atoms with van der Waals surface area (Å²) < 4.78 is 47.5. The molecule has 0 aliphatic carbocycles. The van der Waals surface area contributed by atoms with E-state index < -0.39 is 30.0 Å². The number of anilines is 1. The number of hydrazone groups is 1. The van der Waals surface area contributed by atoms with Crippen molar-refractivity contribution in [2.45, 2.75) is 18.3 Å². The zero-order valence-corrected chi connectivity index (χ0v) is 15.5. The molecule has 148 valence electrons. The van der Waals surface area contributed by atoms with Crippen molar-refractivity contribution in [1.82, 2.24) is 0 Å². The molecule has 0 spiro atoms. The third-order valence-electron chi connectivity index (χ3n) is 4.93. The molecule has 0 unspecified atom stereocenters. The molecule has 0 bridgehead atoms. The maximum absolute atomic E-state index is 14.0. The van der Waals surface area contributed by atoms with Crippen molar-refractivity contribution in [3.8, 4) is 6.07 Å². The molecule has 29 heavy (non-hydrogen) atoms. The van der Waals surface area contributed by atoms with E-state index in [-0.39, 0.29) is 16.5 Å². The number of nitrogens with zero attached hydrogens (tertiary/aromatic N) is 3. The van der Waals surface area contributed by atoms with Crippen LogP contribution in [0.15, 0.2) is 71.2 Å². The molecule has 0 aromatic heterocycles. The second-order valence-corrected chi connectivity index (χ2v) is 6.99. The first-order chi connectivity index (χ1) is 13.8. The summed E-state index contributed by atoms with van der Waals surface area (Å²) in [6, 6.07) is 16.7. The van der Waals surface area contributed by atoms with E-state index in [0.29, 0.717) is 11.3 Å². The Morgan fingerprint density at radius 3 is 2.38 bits per heavy atom. The van der Waals surface area contributed by atoms with Crippen LogP contribution in [0.1, 0.15) is 11.5 Å². The highest BCUT2D eigenvalue weighted by atomic mass is 35.5. The SMILES string of the molecule is N#CC1=C(N)O[C@@H]2[C@@H](C(C(F)(F)F)=NN2c2ccccc2)[C@H]1c1ccccc1Cl. The maximum atomic E-state index is 14.0. The van der Waals surface area contributed by atoms with E-state index in [1.165, 1.54) is 0 Å². The zero-order chi connectivity index (χ0) is 20.8. The van der Waals surface area contributed by atoms with Crippen molar-refractivity contribution >= 4 is 23.0 Å². The smallest absolute Gasteiger partial charge is 0.431 e. The van der Waals surface area contributed by atoms with Crippen molar-refractivity contribution in [3.05, 3.63) is 76.6 Å². The molecule has 0 fully saturated rings. The number of alkyl halides is 3. The molecule has 2 heterocycles. The monoisotopic (exact) mass is 418 g/mol. The number of halogens is 4. The van der Waals surface area contributed by atoms with Crippen LogP contribution in [0.2, 0.25) is 5.02 Å². The lowest BCUT2D eigenvalue weighted by Gasteiger charge is -2.37. The van der Waals surface area contributed by atoms with Crippen molar-refractivity contribution < 1.29 is 17.9 Å². The minimum absolute atomic E-state index is 0.105. The maximum Gasteiger partial charge on any atom is 0.431 e. The zero-order valence-electron chi connectivity index (χ0n) is 14.8. The lowest BCUT2D eigenvalue weighted by Crippen LogP contribution is -2.46. The lowest BCUT2D eigenvalue weighted by atomic mass is 9.76. The number of fused-ring (bicyclic) bond motifs is 1. The van der Waals surface area contributed by atoms with Gasteiger partial charge in [0.25, 0.3) is 0 Å². The van der Waals surface area contributed by atoms with Crippen molar-refractivity contribution in [2.24, 2.45) is 16.8 Å². The molecular weight excluding hydrogens is 405 g/mol. The highest BCUT2D eigenvalue weighted by Crippen LogP contribution is 2.49. The standard InChI is InChI=1S/C20H14ClF3N4O/c21-14-9-5-4-8-12(14)15-13(10-25)18(26)29-19-16(15)17(20(22,23)24)27-28(19)11-6-2-1-3-7-11/h1-9,15-16,19H,26H2/t15-,16+,19+/m0/s1. The van der Waals surface area contributed by atoms with E-state index in [1.54, 1.807) is 54.6 Å². The van der Waals surface area contributed by atoms with Gasteiger partial charge in [-0.15, -0.1) is 0 Å². The van der Waals surface area contributed by atoms with Gasteiger partial charge in [0, 0.05) is 10.9 Å². The summed E-state index contributed by atoms with van der Waals surface area (Å²) in [7, 11) is 0. The van der Waals surface area contributed by atoms with Crippen LogP contribution in [0.3, 0.4) is 0 Å². The van der Waals surface area contributed by atoms with Gasteiger partial charge in [-0.25, -0.2) is 5.01 Å². The number of nitrogens with two attached hydrogens (primary N) is 1. The van der Waals surface area contributed by atoms with Gasteiger partial charge in [-0.05, 0) is 23.8 Å². The molecule has 0 amide bonds. The van der Waals surface area contributed by atoms with Gasteiger partial charge in [-0.3, -0.25) is 0 Å². The Morgan fingerprint density at radius 1 is 1.10 bits per heavy atom. The van der Waals surface area contributed by atoms with Gasteiger partial charge in [0.15, 0.2) is 5.71 Å². The van der Waals surface area contributed by atoms with Crippen molar-refractivity contribution in [2.75, 3.05) is 5.01 Å². The quantitative estimate of drug-likeness (QED) is 0.777. The second kappa shape index (κ2) is 7.01. The fraction of sp³-hybridized carbons (Fsp3) is 0.200. The molecular formula is C20H14ClF3N4O. The third kappa shape index (κ3) is 3.17. The molecule has 9 heteroatoms. The van der Waals surface area contributed by atoms with Gasteiger partial charge >= 0.3 is 6.18 Å². The molecule has 2 aromatic carbocycles. The lowest BCUT2D eigenvalue weighted by molar-refractivity contribution is -0.0658. The number of hydrogen-bond donors (Lipinski definition) is 1. The highest BCUT2D eigenvalue weighted by molar-refractivity contribution is 6.31. The average Bonchev–Trinajstić information content (AvgIpc) is 3.07. The molecule has 4 rings (SSSR count). The summed E-state index contributed by atoms with van der Waals surface area (Å²) in [6.07, 6.45) is -5.91. The highest BCUT2D eigenvalue weighted by Gasteiger charge is 2.58. The first-order valence-electron chi connectivity index (χ1n) is 8.63. The van der Waals surface area contributed by atoms with Crippen LogP contribution in [0, 0.1) is 17.2 Å². The number of hydrogen-bond acceptors (Lipinski definition) is 5. The van der Waals surface area contributed by atoms with Gasteiger partial charge < -0.3 is 10.5 Å². The molecule has 3 atom stereocenters. The fourth-order valence-corrected chi connectivity index (χ4v) is 3.98. The molecule has 2 aliphatic heterocycles. The van der Waals surface area contributed by atoms with Crippen molar-refractivity contribution in [1.29, 1.82) is 5.26 Å². The van der Waals surface area contributed by atoms with Crippen LogP contribution in [-0.4, -0.2) is 18.1 Å². The number of ether oxygens (including phenoxy) is 1. The summed E-state index contributed by atoms with van der Waals surface area (Å²) in [6.45, 7) is 0. The predicted octanol–water partition coefficient (Wildman–Crippen LogP) is 4.53. The van der Waals surface area contributed by atoms with E-state index in [9.17, 15) is 18.4 Å². The van der Waals surface area contributed by atoms with Crippen LogP contribution in [0.4, 0.5) is 18.9 Å². The minimum atomic E-state index is -4.73. The van der Waals surface area contributed by atoms with Crippen LogP contribution < -0.4 is 10.7 Å². The fourth-order valence-electron chi connectivity index (χ4n) is 3.73. The molecule has 0 radical (unpaired) electrons. The van der Waals surface area contributed by atoms with Crippen LogP contribution >= 0.6 is 11.6 Å². The van der Waals surface area contributed by atoms with E-state index in [0.717, 1.165) is 5.01 Å². The Kier molecular flexibility index (Phi) is 4.63. The summed E-state index contributed by atoms with van der Waals surface area (Å²) in [5.41, 5.74) is 5.57. The van der Waals surface area contributed by atoms with Gasteiger partial charge in [-0.2, -0.15) is 23.5 Å². The molecule has 5 nitrogen and oxygen atoms in total. The van der Waals surface area contributed by atoms with Crippen molar-refractivity contribution in [3.63, 3.8) is 0 Å². The number of allylic oxidation sites excluding steroid dienone is 1. The summed E-state index contributed by atoms with van der Waals surface area (Å²) in [4.78, 5) is 0. The Morgan fingerprint density at radius 2 is 1.76 bits per heavy atom. The normalized spacial score (nSPS) is 23.9. The second-order valence-electron chi connectivity index (χ2n) is 6.59. The Hall–Kier alpha value is -3.18. The predicted molar refractivity (Wildman–Crippen MR) is 102 cm³/mol. The number of nitriles is 1. The van der Waals surface area contributed by atoms with E-state index in [4.69, 9.17) is 22.1 Å². The van der Waals surface area contributed by atoms with E-state index in [1.807, 2.05) is 6.07 Å². The minimum Gasteiger partial charge on any atom is -0.452 e. The van der Waals surface area contributed by atoms with Gasteiger partial charge in [-0.1, -0.05) is 48.0 Å². The summed E-state index contributed by atoms with van der Waals surface area (Å²) >= 11 is 6.28. The van der Waals surface area contributed by atoms with E-state index in [2.05, 4.69) is 5.10 Å². The largest absolute Gasteiger partial charge is 0.452 e. The summed E-state index contributed by atoms with van der Waals surface area (Å²) in [5.74, 6) is -2.61. The van der Waals surface area contributed by atoms with Crippen LogP contribution in [-0.2, 0) is 4.74 Å². The van der Waals surface area contributed by atoms with Gasteiger partial charge in [0.05, 0.1) is 17.2 Å². The first kappa shape index (κ1) is 19.2. The molecule has 0 saturated carbocycles. The Balaban J connectivity index is 1.93. The van der Waals surface area contributed by atoms with Crippen LogP contribution in [0.5, 0.6) is 0 Å². The molecule has 2 aromatic rings. The Labute approximate surface area is 169 Å². The molecule has 2 aliphatic rings. The molecule has 2 N–H and O–H groups in total. The molecule has 0 saturated heterocycles. The first-order valence-corrected chi connectivity index (χ1v) is 9.01. The van der Waals surface area contributed by atoms with Crippen LogP contribution in [0.25, 0.3) is 0 Å². The van der Waals surface area contributed by atoms with Gasteiger partial charge in [0.1, 0.15) is 6.07 Å².